The highest BCUT2D eigenvalue weighted by molar-refractivity contribution is 5.81. The van der Waals surface area contributed by atoms with Gasteiger partial charge in [-0.3, -0.25) is 9.78 Å². The number of halogens is 1. The molecule has 27 heavy (non-hydrogen) atoms. The van der Waals surface area contributed by atoms with Gasteiger partial charge in [-0.05, 0) is 47.4 Å². The molecule has 0 aliphatic carbocycles. The summed E-state index contributed by atoms with van der Waals surface area (Å²) in [6, 6.07) is 11.7. The average molecular weight is 363 g/mol. The van der Waals surface area contributed by atoms with Gasteiger partial charge in [-0.1, -0.05) is 30.3 Å². The lowest BCUT2D eigenvalue weighted by atomic mass is 9.97. The fraction of sp³-hybridized carbons (Fsp3) is 0.0500. The van der Waals surface area contributed by atoms with Gasteiger partial charge in [0.05, 0.1) is 5.69 Å². The number of phenols is 1. The zero-order chi connectivity index (χ0) is 19.6. The fourth-order valence-corrected chi connectivity index (χ4v) is 2.71. The molecule has 0 aliphatic rings. The maximum Gasteiger partial charge on any atom is 0.326 e. The molecule has 3 aromatic rings. The Hall–Kier alpha value is -3.92. The molecular formula is C20H14FN3O3. The van der Waals surface area contributed by atoms with Gasteiger partial charge in [-0.25, -0.2) is 9.18 Å². The molecule has 3 N–H and O–H groups in total. The Kier molecular flexibility index (Phi) is 4.73. The van der Waals surface area contributed by atoms with Crippen molar-refractivity contribution in [3.63, 3.8) is 0 Å². The molecule has 0 spiro atoms. The first-order chi connectivity index (χ1) is 12.9. The van der Waals surface area contributed by atoms with Crippen LogP contribution in [0.5, 0.6) is 5.75 Å². The molecule has 1 heterocycles. The second kappa shape index (κ2) is 7.14. The number of nitriles is 1. The summed E-state index contributed by atoms with van der Waals surface area (Å²) < 4.78 is 13.9. The van der Waals surface area contributed by atoms with Crippen LogP contribution in [0.2, 0.25) is 0 Å². The first-order valence-electron chi connectivity index (χ1n) is 7.94. The second-order valence-electron chi connectivity index (χ2n) is 5.85. The Balaban J connectivity index is 2.12. The van der Waals surface area contributed by atoms with Crippen LogP contribution >= 0.6 is 0 Å². The van der Waals surface area contributed by atoms with Crippen molar-refractivity contribution in [3.05, 3.63) is 85.4 Å². The van der Waals surface area contributed by atoms with Crippen molar-refractivity contribution >= 4 is 12.2 Å². The number of aromatic nitrogens is 2. The number of hydrogen-bond donors (Lipinski definition) is 3. The number of nitrogens with zero attached hydrogens (tertiary/aromatic N) is 1. The Morgan fingerprint density at radius 2 is 1.89 bits per heavy atom. The van der Waals surface area contributed by atoms with Crippen LogP contribution in [0.25, 0.3) is 23.3 Å². The smallest absolute Gasteiger partial charge is 0.326 e. The van der Waals surface area contributed by atoms with Gasteiger partial charge < -0.3 is 10.1 Å². The number of benzene rings is 2. The molecule has 0 bridgehead atoms. The Bertz CT molecular complexity index is 1190. The van der Waals surface area contributed by atoms with E-state index in [9.17, 15) is 19.1 Å². The molecule has 3 rings (SSSR count). The van der Waals surface area contributed by atoms with Crippen LogP contribution in [0.1, 0.15) is 22.4 Å². The third kappa shape index (κ3) is 3.55. The van der Waals surface area contributed by atoms with Gasteiger partial charge >= 0.3 is 5.69 Å². The summed E-state index contributed by atoms with van der Waals surface area (Å²) in [4.78, 5) is 27.6. The minimum atomic E-state index is -0.773. The number of aromatic amines is 2. The number of rotatable bonds is 3. The SMILES string of the molecule is Cc1cc(-c2ccccc2/C=C/c2[nH]c(=O)[nH]c(=O)c2C#N)cc(F)c1O. The molecule has 134 valence electrons. The van der Waals surface area contributed by atoms with Crippen LogP contribution in [-0.2, 0) is 0 Å². The van der Waals surface area contributed by atoms with Gasteiger partial charge in [0.15, 0.2) is 11.6 Å². The van der Waals surface area contributed by atoms with Crippen LogP contribution in [0.3, 0.4) is 0 Å². The zero-order valence-corrected chi connectivity index (χ0v) is 14.2. The van der Waals surface area contributed by atoms with Crippen LogP contribution in [0.4, 0.5) is 4.39 Å². The van der Waals surface area contributed by atoms with Crippen LogP contribution in [-0.4, -0.2) is 15.1 Å². The van der Waals surface area contributed by atoms with Crippen LogP contribution in [0.15, 0.2) is 46.0 Å². The number of hydrogen-bond acceptors (Lipinski definition) is 4. The van der Waals surface area contributed by atoms with E-state index in [1.54, 1.807) is 49.4 Å². The Labute approximate surface area is 152 Å². The third-order valence-electron chi connectivity index (χ3n) is 4.04. The first kappa shape index (κ1) is 17.9. The van der Waals surface area contributed by atoms with E-state index in [1.807, 2.05) is 4.98 Å². The molecule has 0 saturated heterocycles. The van der Waals surface area contributed by atoms with Crippen LogP contribution < -0.4 is 11.2 Å². The van der Waals surface area contributed by atoms with E-state index in [4.69, 9.17) is 5.26 Å². The predicted octanol–water partition coefficient (Wildman–Crippen LogP) is 2.93. The van der Waals surface area contributed by atoms with E-state index in [-0.39, 0.29) is 11.3 Å². The van der Waals surface area contributed by atoms with Gasteiger partial charge in [-0.2, -0.15) is 5.26 Å². The summed E-state index contributed by atoms with van der Waals surface area (Å²) in [5, 5.41) is 18.7. The fourth-order valence-electron chi connectivity index (χ4n) is 2.71. The van der Waals surface area contributed by atoms with Crippen molar-refractivity contribution < 1.29 is 9.50 Å². The summed E-state index contributed by atoms with van der Waals surface area (Å²) in [6.45, 7) is 1.60. The lowest BCUT2D eigenvalue weighted by Gasteiger charge is -2.09. The van der Waals surface area contributed by atoms with Crippen molar-refractivity contribution in [3.8, 4) is 22.9 Å². The van der Waals surface area contributed by atoms with E-state index in [1.165, 1.54) is 12.1 Å². The molecule has 0 aliphatic heterocycles. The zero-order valence-electron chi connectivity index (χ0n) is 14.2. The molecule has 0 fully saturated rings. The van der Waals surface area contributed by atoms with E-state index in [0.717, 1.165) is 0 Å². The normalized spacial score (nSPS) is 10.9. The van der Waals surface area contributed by atoms with E-state index >= 15 is 0 Å². The summed E-state index contributed by atoms with van der Waals surface area (Å²) >= 11 is 0. The van der Waals surface area contributed by atoms with Crippen LogP contribution in [0, 0.1) is 24.1 Å². The predicted molar refractivity (Wildman–Crippen MR) is 99.6 cm³/mol. The van der Waals surface area contributed by atoms with E-state index < -0.39 is 22.8 Å². The molecule has 0 amide bonds. The standard InChI is InChI=1S/C20H14FN3O3/c1-11-8-13(9-16(21)18(11)25)14-5-3-2-4-12(14)6-7-17-15(10-22)19(26)24-20(27)23-17/h2-9,25H,1H3,(H2,23,24,26,27)/b7-6+. The maximum absolute atomic E-state index is 13.9. The minimum Gasteiger partial charge on any atom is -0.505 e. The van der Waals surface area contributed by atoms with E-state index in [2.05, 4.69) is 4.98 Å². The summed E-state index contributed by atoms with van der Waals surface area (Å²) in [6.07, 6.45) is 3.05. The molecule has 1 aromatic heterocycles. The largest absolute Gasteiger partial charge is 0.505 e. The third-order valence-corrected chi connectivity index (χ3v) is 4.04. The quantitative estimate of drug-likeness (QED) is 0.664. The summed E-state index contributed by atoms with van der Waals surface area (Å²) in [5.74, 6) is -1.12. The molecular weight excluding hydrogens is 349 g/mol. The molecule has 2 aromatic carbocycles. The highest BCUT2D eigenvalue weighted by atomic mass is 19.1. The molecule has 7 heteroatoms. The number of aryl methyl sites for hydroxylation is 1. The molecule has 0 unspecified atom stereocenters. The second-order valence-corrected chi connectivity index (χ2v) is 5.85. The molecule has 0 atom stereocenters. The van der Waals surface area contributed by atoms with Gasteiger partial charge in [-0.15, -0.1) is 0 Å². The van der Waals surface area contributed by atoms with Gasteiger partial charge in [0.1, 0.15) is 11.6 Å². The monoisotopic (exact) mass is 363 g/mol. The maximum atomic E-state index is 13.9. The number of phenolic OH excluding ortho intramolecular Hbond substituents is 1. The van der Waals surface area contributed by atoms with Gasteiger partial charge in [0.2, 0.25) is 0 Å². The lowest BCUT2D eigenvalue weighted by molar-refractivity contribution is 0.429. The molecule has 6 nitrogen and oxygen atoms in total. The lowest BCUT2D eigenvalue weighted by Crippen LogP contribution is -2.25. The number of nitrogens with one attached hydrogen (secondary N) is 2. The molecule has 0 radical (unpaired) electrons. The highest BCUT2D eigenvalue weighted by Crippen LogP contribution is 2.31. The number of H-pyrrole nitrogens is 2. The van der Waals surface area contributed by atoms with Crippen molar-refractivity contribution in [2.45, 2.75) is 6.92 Å². The van der Waals surface area contributed by atoms with Crippen molar-refractivity contribution in [2.75, 3.05) is 0 Å². The minimum absolute atomic E-state index is 0.0779. The summed E-state index contributed by atoms with van der Waals surface area (Å²) in [5.41, 5.74) is 0.684. The Morgan fingerprint density at radius 1 is 1.15 bits per heavy atom. The van der Waals surface area contributed by atoms with Crippen molar-refractivity contribution in [1.82, 2.24) is 9.97 Å². The van der Waals surface area contributed by atoms with E-state index in [0.29, 0.717) is 22.3 Å². The summed E-state index contributed by atoms with van der Waals surface area (Å²) in [7, 11) is 0. The Morgan fingerprint density at radius 3 is 2.59 bits per heavy atom. The first-order valence-corrected chi connectivity index (χ1v) is 7.94. The average Bonchev–Trinajstić information content (AvgIpc) is 2.64. The van der Waals surface area contributed by atoms with Crippen molar-refractivity contribution in [1.29, 1.82) is 5.26 Å². The van der Waals surface area contributed by atoms with Gasteiger partial charge in [0.25, 0.3) is 5.56 Å². The van der Waals surface area contributed by atoms with Crippen molar-refractivity contribution in [2.24, 2.45) is 0 Å². The molecule has 0 saturated carbocycles. The topological polar surface area (TPSA) is 110 Å². The number of aromatic hydroxyl groups is 1. The highest BCUT2D eigenvalue weighted by Gasteiger charge is 2.10. The van der Waals surface area contributed by atoms with Gasteiger partial charge in [0, 0.05) is 0 Å².